The highest BCUT2D eigenvalue weighted by atomic mass is 16.2. The third-order valence-electron chi connectivity index (χ3n) is 5.94. The van der Waals surface area contributed by atoms with Gasteiger partial charge in [-0.2, -0.15) is 0 Å². The second kappa shape index (κ2) is 8.59. The number of hydrogen-bond acceptors (Lipinski definition) is 5. The number of carbonyl (C=O) groups is 1. The molecule has 0 unspecified atom stereocenters. The summed E-state index contributed by atoms with van der Waals surface area (Å²) in [4.78, 5) is 28.2. The topological polar surface area (TPSA) is 52.6 Å². The highest BCUT2D eigenvalue weighted by Gasteiger charge is 2.28. The third-order valence-corrected chi connectivity index (χ3v) is 5.94. The Hall–Kier alpha value is -2.63. The van der Waals surface area contributed by atoms with E-state index >= 15 is 0 Å². The number of anilines is 2. The molecule has 2 fully saturated rings. The number of carbonyl (C=O) groups excluding carboxylic acids is 1. The Balaban J connectivity index is 1.36. The summed E-state index contributed by atoms with van der Waals surface area (Å²) in [5.74, 6) is 1.26. The van der Waals surface area contributed by atoms with Crippen LogP contribution in [0.15, 0.2) is 42.9 Å². The standard InChI is InChI=1S/C22H29N5O/c1-25(17-19-6-2-3-7-20(19)26-12-4-5-13-26)22(28)18-8-14-27(15-9-18)21-16-23-10-11-24-21/h2-3,6-7,10-11,16,18H,4-5,8-9,12-15,17H2,1H3. The van der Waals surface area contributed by atoms with E-state index in [9.17, 15) is 4.79 Å². The molecule has 1 aromatic carbocycles. The Morgan fingerprint density at radius 1 is 1.07 bits per heavy atom. The summed E-state index contributed by atoms with van der Waals surface area (Å²) in [6, 6.07) is 8.53. The Bertz CT molecular complexity index is 783. The molecule has 0 bridgehead atoms. The quantitative estimate of drug-likeness (QED) is 0.799. The van der Waals surface area contributed by atoms with E-state index in [2.05, 4.69) is 44.0 Å². The van der Waals surface area contributed by atoms with Gasteiger partial charge in [-0.15, -0.1) is 0 Å². The van der Waals surface area contributed by atoms with Crippen molar-refractivity contribution < 1.29 is 4.79 Å². The van der Waals surface area contributed by atoms with Crippen LogP contribution in [-0.2, 0) is 11.3 Å². The molecular weight excluding hydrogens is 350 g/mol. The van der Waals surface area contributed by atoms with Crippen molar-refractivity contribution in [2.75, 3.05) is 43.0 Å². The summed E-state index contributed by atoms with van der Waals surface area (Å²) < 4.78 is 0. The predicted octanol–water partition coefficient (Wildman–Crippen LogP) is 2.95. The molecule has 0 spiro atoms. The van der Waals surface area contributed by atoms with Crippen molar-refractivity contribution >= 4 is 17.4 Å². The van der Waals surface area contributed by atoms with E-state index in [1.54, 1.807) is 18.6 Å². The van der Waals surface area contributed by atoms with E-state index in [0.29, 0.717) is 6.54 Å². The van der Waals surface area contributed by atoms with Crippen molar-refractivity contribution in [1.29, 1.82) is 0 Å². The molecule has 2 aromatic rings. The first-order valence-electron chi connectivity index (χ1n) is 10.3. The number of hydrogen-bond donors (Lipinski definition) is 0. The fourth-order valence-corrected chi connectivity index (χ4v) is 4.37. The van der Waals surface area contributed by atoms with Crippen LogP contribution >= 0.6 is 0 Å². The Kier molecular flexibility index (Phi) is 5.74. The molecule has 4 rings (SSSR count). The smallest absolute Gasteiger partial charge is 0.225 e. The van der Waals surface area contributed by atoms with Crippen molar-refractivity contribution in [2.24, 2.45) is 5.92 Å². The van der Waals surface area contributed by atoms with Gasteiger partial charge in [-0.3, -0.25) is 9.78 Å². The van der Waals surface area contributed by atoms with Crippen molar-refractivity contribution in [3.63, 3.8) is 0 Å². The van der Waals surface area contributed by atoms with Crippen LogP contribution in [0, 0.1) is 5.92 Å². The number of nitrogens with zero attached hydrogens (tertiary/aromatic N) is 5. The van der Waals surface area contributed by atoms with Gasteiger partial charge >= 0.3 is 0 Å². The maximum atomic E-state index is 13.0. The first-order valence-corrected chi connectivity index (χ1v) is 10.3. The van der Waals surface area contributed by atoms with Gasteiger partial charge in [0.05, 0.1) is 6.20 Å². The molecule has 1 aromatic heterocycles. The van der Waals surface area contributed by atoms with Gasteiger partial charge in [0.2, 0.25) is 5.91 Å². The van der Waals surface area contributed by atoms with Gasteiger partial charge in [-0.1, -0.05) is 18.2 Å². The van der Waals surface area contributed by atoms with Gasteiger partial charge in [0, 0.05) is 63.8 Å². The monoisotopic (exact) mass is 379 g/mol. The van der Waals surface area contributed by atoms with Gasteiger partial charge in [-0.25, -0.2) is 4.98 Å². The Morgan fingerprint density at radius 2 is 1.82 bits per heavy atom. The van der Waals surface area contributed by atoms with Crippen molar-refractivity contribution in [3.05, 3.63) is 48.4 Å². The normalized spacial score (nSPS) is 17.8. The highest BCUT2D eigenvalue weighted by molar-refractivity contribution is 5.79. The van der Waals surface area contributed by atoms with E-state index in [1.165, 1.54) is 24.1 Å². The lowest BCUT2D eigenvalue weighted by Crippen LogP contribution is -2.41. The molecule has 6 heteroatoms. The second-order valence-electron chi connectivity index (χ2n) is 7.84. The van der Waals surface area contributed by atoms with Crippen LogP contribution in [0.2, 0.25) is 0 Å². The molecule has 0 radical (unpaired) electrons. The van der Waals surface area contributed by atoms with E-state index in [-0.39, 0.29) is 11.8 Å². The molecule has 6 nitrogen and oxygen atoms in total. The van der Waals surface area contributed by atoms with Crippen LogP contribution in [0.5, 0.6) is 0 Å². The zero-order valence-electron chi connectivity index (χ0n) is 16.6. The zero-order valence-corrected chi connectivity index (χ0v) is 16.6. The number of aromatic nitrogens is 2. The second-order valence-corrected chi connectivity index (χ2v) is 7.84. The van der Waals surface area contributed by atoms with Crippen LogP contribution in [0.4, 0.5) is 11.5 Å². The average Bonchev–Trinajstić information content (AvgIpc) is 3.29. The van der Waals surface area contributed by atoms with Gasteiger partial charge in [0.1, 0.15) is 5.82 Å². The van der Waals surface area contributed by atoms with E-state index in [0.717, 1.165) is 44.8 Å². The number of rotatable bonds is 5. The van der Waals surface area contributed by atoms with Crippen molar-refractivity contribution in [1.82, 2.24) is 14.9 Å². The molecule has 0 atom stereocenters. The van der Waals surface area contributed by atoms with E-state index in [4.69, 9.17) is 0 Å². The molecule has 0 aliphatic carbocycles. The lowest BCUT2D eigenvalue weighted by molar-refractivity contribution is -0.135. The fourth-order valence-electron chi connectivity index (χ4n) is 4.37. The molecule has 2 aliphatic heterocycles. The van der Waals surface area contributed by atoms with Crippen LogP contribution in [0.1, 0.15) is 31.2 Å². The molecule has 1 amide bonds. The molecule has 2 aliphatic rings. The number of para-hydroxylation sites is 1. The minimum absolute atomic E-state index is 0.0943. The summed E-state index contributed by atoms with van der Waals surface area (Å²) in [7, 11) is 1.94. The largest absolute Gasteiger partial charge is 0.371 e. The number of amides is 1. The maximum absolute atomic E-state index is 13.0. The van der Waals surface area contributed by atoms with Crippen LogP contribution in [-0.4, -0.2) is 54.0 Å². The lowest BCUT2D eigenvalue weighted by Gasteiger charge is -2.34. The van der Waals surface area contributed by atoms with Crippen molar-refractivity contribution in [2.45, 2.75) is 32.2 Å². The number of piperidine rings is 1. The first-order chi connectivity index (χ1) is 13.7. The SMILES string of the molecule is CN(Cc1ccccc1N1CCCC1)C(=O)C1CCN(c2cnccn2)CC1. The molecular formula is C22H29N5O. The summed E-state index contributed by atoms with van der Waals surface area (Å²) in [5.41, 5.74) is 2.54. The zero-order chi connectivity index (χ0) is 19.3. The fraction of sp³-hybridized carbons (Fsp3) is 0.500. The van der Waals surface area contributed by atoms with Gasteiger partial charge < -0.3 is 14.7 Å². The lowest BCUT2D eigenvalue weighted by atomic mass is 9.95. The first kappa shape index (κ1) is 18.7. The maximum Gasteiger partial charge on any atom is 0.225 e. The van der Waals surface area contributed by atoms with E-state index in [1.807, 2.05) is 11.9 Å². The minimum atomic E-state index is 0.0943. The van der Waals surface area contributed by atoms with Crippen molar-refractivity contribution in [3.8, 4) is 0 Å². The van der Waals surface area contributed by atoms with Gasteiger partial charge in [0.15, 0.2) is 0 Å². The highest BCUT2D eigenvalue weighted by Crippen LogP contribution is 2.27. The summed E-state index contributed by atoms with van der Waals surface area (Å²) in [6.07, 6.45) is 9.46. The third kappa shape index (κ3) is 4.11. The Labute approximate surface area is 167 Å². The van der Waals surface area contributed by atoms with Crippen LogP contribution in [0.25, 0.3) is 0 Å². The average molecular weight is 380 g/mol. The van der Waals surface area contributed by atoms with Crippen LogP contribution < -0.4 is 9.80 Å². The summed E-state index contributed by atoms with van der Waals surface area (Å²) >= 11 is 0. The molecule has 28 heavy (non-hydrogen) atoms. The summed E-state index contributed by atoms with van der Waals surface area (Å²) in [6.45, 7) is 4.63. The minimum Gasteiger partial charge on any atom is -0.371 e. The van der Waals surface area contributed by atoms with Crippen LogP contribution in [0.3, 0.4) is 0 Å². The molecule has 2 saturated heterocycles. The molecule has 3 heterocycles. The number of benzene rings is 1. The van der Waals surface area contributed by atoms with E-state index < -0.39 is 0 Å². The molecule has 0 N–H and O–H groups in total. The van der Waals surface area contributed by atoms with Gasteiger partial charge in [0.25, 0.3) is 0 Å². The summed E-state index contributed by atoms with van der Waals surface area (Å²) in [5, 5.41) is 0. The predicted molar refractivity (Wildman–Crippen MR) is 111 cm³/mol. The Morgan fingerprint density at radius 3 is 2.54 bits per heavy atom. The van der Waals surface area contributed by atoms with Gasteiger partial charge in [-0.05, 0) is 37.3 Å². The molecule has 148 valence electrons. The molecule has 0 saturated carbocycles.